The van der Waals surface area contributed by atoms with E-state index in [0.717, 1.165) is 37.7 Å². The standard InChI is InChI=1S/C9H16O.C8H16O2.C7H14O3S.C7H14O2S.C7H14OS.C5H8O.C4H8O3S.2C4H8O.CH4/c1-9(2,3)8(10)6-7-4-5-7;1-8(2,3)7(9)5-6-10-4;1-7(2,3)6(8)5-11(4,9)10;1-7(2,3)6(8)5-10(4)9;1-7(2,3)6(8)5-9-4;1-4(6)5-2-3-5;1-4(5)3-8(2,6)7;2*1-3-4(2)5;/h7H,4-6H2,1-3H3;5-6H2,1-4H3;5H2,1-4H3;5H2,1-4H3;5H2,1-4H3;5H,2-3H2,1H3;3H2,1-2H3;2*3H2,1-2H3;1H4. The minimum absolute atomic E-state index is 0. The number of ether oxygens (including phenoxy) is 1. The highest BCUT2D eigenvalue weighted by Gasteiger charge is 2.30. The summed E-state index contributed by atoms with van der Waals surface area (Å²) in [4.78, 5) is 95.6. The number of rotatable bonds is 16. The van der Waals surface area contributed by atoms with Crippen LogP contribution in [0.25, 0.3) is 0 Å². The van der Waals surface area contributed by atoms with Gasteiger partial charge in [-0.3, -0.25) is 37.8 Å². The molecule has 0 spiro atoms. The predicted molar refractivity (Wildman–Crippen MR) is 316 cm³/mol. The average molecular weight is 1150 g/mol. The molecule has 0 N–H and O–H groups in total. The summed E-state index contributed by atoms with van der Waals surface area (Å²) in [7, 11) is -5.61. The SMILES string of the molecule is C.CC(=O)C1CC1.CC(=O)CS(C)(=O)=O.CC(C)(C)C(=O)CC1CC1.CC(C)(C)C(=O)CS(C)(=O)=O.CCC(C)=O.CCC(C)=O.COCCC(=O)C(C)(C)C.CS(=O)CC(=O)C(C)(C)C.CSCC(=O)C(C)(C)C. The predicted octanol–water partition coefficient (Wildman–Crippen LogP) is 10.8. The second kappa shape index (κ2) is 43.3. The Morgan fingerprint density at radius 2 is 0.853 bits per heavy atom. The average Bonchev–Trinajstić information content (AvgIpc) is 4.11. The minimum Gasteiger partial charge on any atom is -0.384 e. The van der Waals surface area contributed by atoms with Crippen LogP contribution in [0, 0.1) is 38.9 Å². The van der Waals surface area contributed by atoms with Crippen molar-refractivity contribution in [1.82, 2.24) is 0 Å². The molecule has 0 aromatic heterocycles. The summed E-state index contributed by atoms with van der Waals surface area (Å²) in [6.07, 6.45) is 13.1. The van der Waals surface area contributed by atoms with E-state index in [2.05, 4.69) is 0 Å². The van der Waals surface area contributed by atoms with E-state index in [1.54, 1.807) is 66.7 Å². The van der Waals surface area contributed by atoms with Gasteiger partial charge >= 0.3 is 0 Å². The zero-order valence-corrected chi connectivity index (χ0v) is 54.4. The van der Waals surface area contributed by atoms with E-state index >= 15 is 0 Å². The lowest BCUT2D eigenvalue weighted by Crippen LogP contribution is -2.27. The number of hydrogen-bond donors (Lipinski definition) is 0. The van der Waals surface area contributed by atoms with Crippen LogP contribution in [0.5, 0.6) is 0 Å². The van der Waals surface area contributed by atoms with Crippen molar-refractivity contribution < 1.29 is 68.9 Å². The summed E-state index contributed by atoms with van der Waals surface area (Å²) in [5.41, 5.74) is -1.36. The van der Waals surface area contributed by atoms with Gasteiger partial charge in [-0.2, -0.15) is 11.8 Å². The molecule has 0 aromatic rings. The van der Waals surface area contributed by atoms with Crippen molar-refractivity contribution in [1.29, 1.82) is 0 Å². The molecule has 2 aliphatic rings. The van der Waals surface area contributed by atoms with Gasteiger partial charge < -0.3 is 14.3 Å². The summed E-state index contributed by atoms with van der Waals surface area (Å²) in [5, 5.41) is 0. The van der Waals surface area contributed by atoms with Crippen molar-refractivity contribution in [3.05, 3.63) is 0 Å². The number of carbonyl (C=O) groups excluding carboxylic acids is 9. The molecule has 0 heterocycles. The van der Waals surface area contributed by atoms with Crippen LogP contribution < -0.4 is 0 Å². The smallest absolute Gasteiger partial charge is 0.154 e. The summed E-state index contributed by atoms with van der Waals surface area (Å²) >= 11 is 1.59. The van der Waals surface area contributed by atoms with Gasteiger partial charge in [-0.05, 0) is 65.6 Å². The Hall–Kier alpha value is -2.61. The first kappa shape index (κ1) is 89.0. The highest BCUT2D eigenvalue weighted by atomic mass is 32.2. The van der Waals surface area contributed by atoms with Gasteiger partial charge in [0.05, 0.1) is 18.1 Å². The lowest BCUT2D eigenvalue weighted by atomic mass is 9.88. The summed E-state index contributed by atoms with van der Waals surface area (Å²) in [6, 6.07) is 0. The van der Waals surface area contributed by atoms with E-state index in [1.165, 1.54) is 19.8 Å². The van der Waals surface area contributed by atoms with Crippen molar-refractivity contribution in [2.24, 2.45) is 38.9 Å². The highest BCUT2D eigenvalue weighted by molar-refractivity contribution is 7.99. The molecule has 0 saturated heterocycles. The molecular formula is C56H110O15S4. The Morgan fingerprint density at radius 3 is 0.973 bits per heavy atom. The van der Waals surface area contributed by atoms with Gasteiger partial charge in [0.2, 0.25) is 0 Å². The number of methoxy groups -OCH3 is 1. The third-order valence-electron chi connectivity index (χ3n) is 9.50. The molecule has 15 nitrogen and oxygen atoms in total. The van der Waals surface area contributed by atoms with E-state index in [9.17, 15) is 64.2 Å². The molecule has 1 unspecified atom stereocenters. The number of carbonyl (C=O) groups is 9. The number of thioether (sulfide) groups is 1. The first-order valence-corrected chi connectivity index (χ1v) is 32.2. The van der Waals surface area contributed by atoms with E-state index < -0.39 is 35.9 Å². The van der Waals surface area contributed by atoms with Crippen LogP contribution in [0.2, 0.25) is 0 Å². The van der Waals surface area contributed by atoms with Crippen LogP contribution in [-0.2, 0) is 78.4 Å². The van der Waals surface area contributed by atoms with E-state index in [0.29, 0.717) is 54.9 Å². The van der Waals surface area contributed by atoms with Gasteiger partial charge in [-0.15, -0.1) is 0 Å². The first-order valence-electron chi connectivity index (χ1n) is 25.0. The fourth-order valence-corrected chi connectivity index (χ4v) is 6.67. The molecule has 2 fully saturated rings. The number of hydrogen-bond acceptors (Lipinski definition) is 16. The molecule has 0 aliphatic heterocycles. The van der Waals surface area contributed by atoms with Crippen LogP contribution in [0.3, 0.4) is 0 Å². The van der Waals surface area contributed by atoms with Crippen molar-refractivity contribution in [3.63, 3.8) is 0 Å². The molecule has 19 heteroatoms. The second-order valence-electron chi connectivity index (χ2n) is 23.7. The maximum atomic E-state index is 11.3. The Bertz CT molecular complexity index is 1930. The van der Waals surface area contributed by atoms with Crippen LogP contribution >= 0.6 is 11.8 Å². The molecule has 2 aliphatic carbocycles. The molecule has 2 rings (SSSR count). The van der Waals surface area contributed by atoms with E-state index in [4.69, 9.17) is 4.74 Å². The van der Waals surface area contributed by atoms with Gasteiger partial charge in [-0.1, -0.05) is 125 Å². The fourth-order valence-electron chi connectivity index (χ4n) is 3.52. The maximum Gasteiger partial charge on any atom is 0.154 e. The molecular weight excluding hydrogens is 1040 g/mol. The van der Waals surface area contributed by atoms with Crippen LogP contribution in [0.15, 0.2) is 0 Å². The summed E-state index contributed by atoms with van der Waals surface area (Å²) < 4.78 is 57.2. The van der Waals surface area contributed by atoms with Crippen LogP contribution in [0.1, 0.15) is 204 Å². The third-order valence-corrected chi connectivity index (χ3v) is 12.4. The molecule has 448 valence electrons. The number of sulfone groups is 2. The van der Waals surface area contributed by atoms with Crippen LogP contribution in [-0.4, -0.2) is 135 Å². The van der Waals surface area contributed by atoms with Crippen LogP contribution in [0.4, 0.5) is 0 Å². The van der Waals surface area contributed by atoms with Crippen molar-refractivity contribution in [2.75, 3.05) is 61.8 Å². The van der Waals surface area contributed by atoms with E-state index in [1.807, 2.05) is 103 Å². The molecule has 75 heavy (non-hydrogen) atoms. The van der Waals surface area contributed by atoms with Gasteiger partial charge in [0.25, 0.3) is 0 Å². The Labute approximate surface area is 465 Å². The minimum atomic E-state index is -3.16. The Morgan fingerprint density at radius 1 is 0.533 bits per heavy atom. The lowest BCUT2D eigenvalue weighted by Gasteiger charge is -2.15. The monoisotopic (exact) mass is 1150 g/mol. The largest absolute Gasteiger partial charge is 0.384 e. The lowest BCUT2D eigenvalue weighted by molar-refractivity contribution is -0.127. The van der Waals surface area contributed by atoms with Crippen molar-refractivity contribution >= 4 is 94.3 Å². The van der Waals surface area contributed by atoms with E-state index in [-0.39, 0.29) is 81.0 Å². The molecule has 0 bridgehead atoms. The summed E-state index contributed by atoms with van der Waals surface area (Å²) in [5.74, 6) is 2.75. The number of ketones is 9. The van der Waals surface area contributed by atoms with Crippen molar-refractivity contribution in [2.45, 2.75) is 204 Å². The highest BCUT2D eigenvalue weighted by Crippen LogP contribution is 2.35. The topological polar surface area (TPSA) is 248 Å². The first-order chi connectivity index (χ1) is 32.7. The molecule has 0 aromatic carbocycles. The number of Topliss-reactive ketones (excluding diaryl/α,β-unsaturated/α-hetero) is 9. The molecule has 2 saturated carbocycles. The Kier molecular flexibility index (Phi) is 51.4. The zero-order chi connectivity index (χ0) is 61.0. The second-order valence-corrected chi connectivity index (χ2v) is 30.3. The fraction of sp³-hybridized carbons (Fsp3) is 0.839. The van der Waals surface area contributed by atoms with Gasteiger partial charge in [0.1, 0.15) is 52.0 Å². The molecule has 1 atom stereocenters. The van der Waals surface area contributed by atoms with Crippen molar-refractivity contribution in [3.8, 4) is 0 Å². The third kappa shape index (κ3) is 78.0. The Balaban J connectivity index is -0.000000113. The molecule has 0 radical (unpaired) electrons. The maximum absolute atomic E-state index is 11.3. The van der Waals surface area contributed by atoms with Gasteiger partial charge in [0, 0.05) is 95.4 Å². The normalized spacial score (nSPS) is 13.3. The van der Waals surface area contributed by atoms with Gasteiger partial charge in [-0.25, -0.2) is 16.8 Å². The van der Waals surface area contributed by atoms with Gasteiger partial charge in [0.15, 0.2) is 31.2 Å². The molecule has 0 amide bonds. The summed E-state index contributed by atoms with van der Waals surface area (Å²) in [6.45, 7) is 38.6. The quantitative estimate of drug-likeness (QED) is 0.139. The zero-order valence-electron chi connectivity index (χ0n) is 51.1.